The fourth-order valence-corrected chi connectivity index (χ4v) is 1.85. The number of hydrogen-bond acceptors (Lipinski definition) is 2. The number of hydrogen-bond donors (Lipinski definition) is 0. The SMILES string of the molecule is Cc1c(C(=O)CBr)ccc(C#N)c1C(F)(F)F. The molecule has 0 fully saturated rings. The van der Waals surface area contributed by atoms with Gasteiger partial charge in [-0.1, -0.05) is 15.9 Å². The smallest absolute Gasteiger partial charge is 0.293 e. The van der Waals surface area contributed by atoms with Gasteiger partial charge in [-0.05, 0) is 24.6 Å². The molecule has 0 spiro atoms. The van der Waals surface area contributed by atoms with Gasteiger partial charge in [-0.15, -0.1) is 0 Å². The van der Waals surface area contributed by atoms with Crippen LogP contribution >= 0.6 is 15.9 Å². The molecule has 0 bridgehead atoms. The van der Waals surface area contributed by atoms with Gasteiger partial charge in [0.15, 0.2) is 5.78 Å². The first-order valence-electron chi connectivity index (χ1n) is 4.53. The van der Waals surface area contributed by atoms with Crippen molar-refractivity contribution in [2.24, 2.45) is 0 Å². The molecule has 0 heterocycles. The number of nitriles is 1. The van der Waals surface area contributed by atoms with Crippen molar-refractivity contribution in [3.63, 3.8) is 0 Å². The Kier molecular flexibility index (Phi) is 3.94. The lowest BCUT2D eigenvalue weighted by Crippen LogP contribution is -2.14. The van der Waals surface area contributed by atoms with Crippen molar-refractivity contribution in [2.75, 3.05) is 5.33 Å². The summed E-state index contributed by atoms with van der Waals surface area (Å²) in [5.41, 5.74) is -1.73. The number of carbonyl (C=O) groups excluding carboxylic acids is 1. The zero-order chi connectivity index (χ0) is 13.2. The first-order valence-corrected chi connectivity index (χ1v) is 5.65. The number of rotatable bonds is 2. The molecule has 90 valence electrons. The van der Waals surface area contributed by atoms with E-state index in [1.807, 2.05) is 0 Å². The summed E-state index contributed by atoms with van der Waals surface area (Å²) in [4.78, 5) is 11.4. The minimum Gasteiger partial charge on any atom is -0.293 e. The molecule has 1 aromatic carbocycles. The Labute approximate surface area is 104 Å². The number of halogens is 4. The third-order valence-corrected chi connectivity index (χ3v) is 2.80. The Morgan fingerprint density at radius 3 is 2.47 bits per heavy atom. The summed E-state index contributed by atoms with van der Waals surface area (Å²) in [7, 11) is 0. The van der Waals surface area contributed by atoms with Gasteiger partial charge in [0, 0.05) is 5.56 Å². The van der Waals surface area contributed by atoms with Crippen molar-refractivity contribution >= 4 is 21.7 Å². The molecule has 0 saturated heterocycles. The second-order valence-corrected chi connectivity index (χ2v) is 3.89. The van der Waals surface area contributed by atoms with Gasteiger partial charge in [0.05, 0.1) is 22.5 Å². The van der Waals surface area contributed by atoms with E-state index in [9.17, 15) is 18.0 Å². The van der Waals surface area contributed by atoms with Crippen LogP contribution < -0.4 is 0 Å². The molecule has 1 rings (SSSR count). The van der Waals surface area contributed by atoms with E-state index < -0.39 is 23.1 Å². The van der Waals surface area contributed by atoms with Gasteiger partial charge < -0.3 is 0 Å². The van der Waals surface area contributed by atoms with E-state index in [0.717, 1.165) is 6.07 Å². The lowest BCUT2D eigenvalue weighted by atomic mass is 9.95. The largest absolute Gasteiger partial charge is 0.417 e. The van der Waals surface area contributed by atoms with Gasteiger partial charge in [0.2, 0.25) is 0 Å². The van der Waals surface area contributed by atoms with Gasteiger partial charge in [-0.3, -0.25) is 4.79 Å². The summed E-state index contributed by atoms with van der Waals surface area (Å²) in [6.45, 7) is 1.19. The molecule has 0 atom stereocenters. The highest BCUT2D eigenvalue weighted by atomic mass is 79.9. The van der Waals surface area contributed by atoms with Crippen LogP contribution in [0.2, 0.25) is 0 Å². The number of alkyl halides is 4. The van der Waals surface area contributed by atoms with Crippen LogP contribution in [0.25, 0.3) is 0 Å². The third-order valence-electron chi connectivity index (χ3n) is 2.29. The van der Waals surface area contributed by atoms with Crippen LogP contribution in [0, 0.1) is 18.3 Å². The molecule has 6 heteroatoms. The second-order valence-electron chi connectivity index (χ2n) is 3.33. The summed E-state index contributed by atoms with van der Waals surface area (Å²) in [6.07, 6.45) is -4.64. The lowest BCUT2D eigenvalue weighted by Gasteiger charge is -2.14. The highest BCUT2D eigenvalue weighted by Crippen LogP contribution is 2.35. The monoisotopic (exact) mass is 305 g/mol. The highest BCUT2D eigenvalue weighted by Gasteiger charge is 2.36. The predicted octanol–water partition coefficient (Wildman–Crippen LogP) is 3.46. The van der Waals surface area contributed by atoms with E-state index in [-0.39, 0.29) is 16.5 Å². The van der Waals surface area contributed by atoms with Crippen molar-refractivity contribution in [2.45, 2.75) is 13.1 Å². The zero-order valence-electron chi connectivity index (χ0n) is 8.73. The van der Waals surface area contributed by atoms with Gasteiger partial charge in [0.1, 0.15) is 0 Å². The first kappa shape index (κ1) is 13.7. The summed E-state index contributed by atoms with van der Waals surface area (Å²) in [5.74, 6) is -0.447. The number of ketones is 1. The number of nitrogens with zero attached hydrogens (tertiary/aromatic N) is 1. The molecule has 0 aliphatic rings. The number of carbonyl (C=O) groups is 1. The molecule has 0 saturated carbocycles. The Balaban J connectivity index is 3.56. The molecule has 0 amide bonds. The predicted molar refractivity (Wildman–Crippen MR) is 59.0 cm³/mol. The van der Waals surface area contributed by atoms with Gasteiger partial charge in [0.25, 0.3) is 0 Å². The maximum absolute atomic E-state index is 12.8. The van der Waals surface area contributed by atoms with Crippen LogP contribution in [-0.4, -0.2) is 11.1 Å². The van der Waals surface area contributed by atoms with Crippen molar-refractivity contribution in [3.8, 4) is 6.07 Å². The minimum atomic E-state index is -4.64. The van der Waals surface area contributed by atoms with E-state index in [1.165, 1.54) is 19.1 Å². The molecule has 0 N–H and O–H groups in total. The zero-order valence-corrected chi connectivity index (χ0v) is 10.3. The van der Waals surface area contributed by atoms with Crippen LogP contribution in [0.15, 0.2) is 12.1 Å². The quantitative estimate of drug-likeness (QED) is 0.620. The van der Waals surface area contributed by atoms with E-state index >= 15 is 0 Å². The van der Waals surface area contributed by atoms with Gasteiger partial charge >= 0.3 is 6.18 Å². The Hall–Kier alpha value is -1.35. The first-order chi connectivity index (χ1) is 7.82. The van der Waals surface area contributed by atoms with Crippen molar-refractivity contribution < 1.29 is 18.0 Å². The van der Waals surface area contributed by atoms with Crippen molar-refractivity contribution in [1.29, 1.82) is 5.26 Å². The molecule has 17 heavy (non-hydrogen) atoms. The average molecular weight is 306 g/mol. The van der Waals surface area contributed by atoms with E-state index in [2.05, 4.69) is 15.9 Å². The Morgan fingerprint density at radius 2 is 2.06 bits per heavy atom. The number of Topliss-reactive ketones (excluding diaryl/α,β-unsaturated/α-hetero) is 1. The summed E-state index contributed by atoms with van der Waals surface area (Å²) < 4.78 is 38.3. The number of benzene rings is 1. The molecular formula is C11H7BrF3NO. The van der Waals surface area contributed by atoms with Crippen LogP contribution in [0.5, 0.6) is 0 Å². The second kappa shape index (κ2) is 4.88. The van der Waals surface area contributed by atoms with Crippen molar-refractivity contribution in [1.82, 2.24) is 0 Å². The highest BCUT2D eigenvalue weighted by molar-refractivity contribution is 9.09. The summed E-state index contributed by atoms with van der Waals surface area (Å²) >= 11 is 2.90. The molecule has 0 aliphatic heterocycles. The maximum atomic E-state index is 12.8. The fraction of sp³-hybridized carbons (Fsp3) is 0.273. The molecule has 0 radical (unpaired) electrons. The van der Waals surface area contributed by atoms with Gasteiger partial charge in [-0.2, -0.15) is 18.4 Å². The summed E-state index contributed by atoms with van der Waals surface area (Å²) in [6, 6.07) is 3.75. The van der Waals surface area contributed by atoms with Gasteiger partial charge in [-0.25, -0.2) is 0 Å². The lowest BCUT2D eigenvalue weighted by molar-refractivity contribution is -0.138. The normalized spacial score (nSPS) is 11.1. The Morgan fingerprint density at radius 1 is 1.47 bits per heavy atom. The van der Waals surface area contributed by atoms with E-state index in [4.69, 9.17) is 5.26 Å². The van der Waals surface area contributed by atoms with Crippen LogP contribution in [-0.2, 0) is 6.18 Å². The van der Waals surface area contributed by atoms with Crippen LogP contribution in [0.4, 0.5) is 13.2 Å². The Bertz CT molecular complexity index is 503. The summed E-state index contributed by atoms with van der Waals surface area (Å²) in [5, 5.41) is 8.59. The molecule has 1 aromatic rings. The van der Waals surface area contributed by atoms with Crippen LogP contribution in [0.1, 0.15) is 27.0 Å². The topological polar surface area (TPSA) is 40.9 Å². The van der Waals surface area contributed by atoms with Crippen molar-refractivity contribution in [3.05, 3.63) is 34.4 Å². The molecule has 0 unspecified atom stereocenters. The minimum absolute atomic E-state index is 0.0202. The maximum Gasteiger partial charge on any atom is 0.417 e. The van der Waals surface area contributed by atoms with E-state index in [1.54, 1.807) is 0 Å². The van der Waals surface area contributed by atoms with E-state index in [0.29, 0.717) is 0 Å². The standard InChI is InChI=1S/C11H7BrF3NO/c1-6-8(9(17)4-12)3-2-7(5-16)10(6)11(13,14)15/h2-3H,4H2,1H3. The molecular weight excluding hydrogens is 299 g/mol. The molecule has 0 aromatic heterocycles. The van der Waals surface area contributed by atoms with Crippen LogP contribution in [0.3, 0.4) is 0 Å². The third kappa shape index (κ3) is 2.67. The molecule has 0 aliphatic carbocycles. The fourth-order valence-electron chi connectivity index (χ4n) is 1.54. The molecule has 2 nitrogen and oxygen atoms in total. The average Bonchev–Trinajstić information content (AvgIpc) is 2.25.